The third-order valence-electron chi connectivity index (χ3n) is 2.39. The Bertz CT molecular complexity index is 471. The maximum atomic E-state index is 5.10. The van der Waals surface area contributed by atoms with E-state index in [0.29, 0.717) is 0 Å². The van der Waals surface area contributed by atoms with Crippen molar-refractivity contribution >= 4 is 19.8 Å². The van der Waals surface area contributed by atoms with Crippen LogP contribution in [0.15, 0.2) is 73.2 Å². The molecule has 0 spiro atoms. The minimum absolute atomic E-state index is 1.08. The lowest BCUT2D eigenvalue weighted by atomic mass is 10.2. The summed E-state index contributed by atoms with van der Waals surface area (Å²) in [6, 6.07) is 19.8. The molecule has 19 heavy (non-hydrogen) atoms. The standard InChI is InChI=1S/C16H14BO2/c1-3-7-15(8-4-1)11-13-18-17-19-14-12-16-9-5-2-6-10-16/h1-14H/b13-11+,14-12+. The Morgan fingerprint density at radius 3 is 1.47 bits per heavy atom. The van der Waals surface area contributed by atoms with E-state index in [1.54, 1.807) is 12.5 Å². The molecule has 93 valence electrons. The fraction of sp³-hybridized carbons (Fsp3) is 0. The molecule has 0 heterocycles. The van der Waals surface area contributed by atoms with E-state index in [1.165, 1.54) is 7.69 Å². The van der Waals surface area contributed by atoms with E-state index in [0.717, 1.165) is 11.1 Å². The minimum Gasteiger partial charge on any atom is -0.532 e. The van der Waals surface area contributed by atoms with Crippen LogP contribution in [0.1, 0.15) is 11.1 Å². The molecule has 1 radical (unpaired) electrons. The smallest absolute Gasteiger partial charge is 0.532 e. The van der Waals surface area contributed by atoms with Crippen LogP contribution in [-0.4, -0.2) is 7.69 Å². The topological polar surface area (TPSA) is 18.5 Å². The normalized spacial score (nSPS) is 10.7. The molecule has 2 aromatic carbocycles. The number of benzene rings is 2. The van der Waals surface area contributed by atoms with Gasteiger partial charge in [-0.25, -0.2) is 0 Å². The largest absolute Gasteiger partial charge is 0.657 e. The summed E-state index contributed by atoms with van der Waals surface area (Å²) in [5.41, 5.74) is 2.16. The third kappa shape index (κ3) is 5.17. The van der Waals surface area contributed by atoms with Gasteiger partial charge in [0.15, 0.2) is 0 Å². The Balaban J connectivity index is 1.65. The molecule has 2 aromatic rings. The molecule has 0 amide bonds. The molecule has 0 fully saturated rings. The average molecular weight is 249 g/mol. The van der Waals surface area contributed by atoms with Crippen molar-refractivity contribution in [1.29, 1.82) is 0 Å². The number of rotatable bonds is 6. The first-order valence-corrected chi connectivity index (χ1v) is 6.01. The molecule has 0 bridgehead atoms. The Morgan fingerprint density at radius 1 is 0.632 bits per heavy atom. The molecule has 0 aliphatic heterocycles. The van der Waals surface area contributed by atoms with E-state index >= 15 is 0 Å². The van der Waals surface area contributed by atoms with Crippen LogP contribution in [0.5, 0.6) is 0 Å². The van der Waals surface area contributed by atoms with Crippen molar-refractivity contribution < 1.29 is 9.31 Å². The van der Waals surface area contributed by atoms with Gasteiger partial charge in [0.1, 0.15) is 0 Å². The average Bonchev–Trinajstić information content (AvgIpc) is 2.48. The van der Waals surface area contributed by atoms with Gasteiger partial charge >= 0.3 is 7.69 Å². The summed E-state index contributed by atoms with van der Waals surface area (Å²) in [7, 11) is 1.28. The quantitative estimate of drug-likeness (QED) is 0.439. The van der Waals surface area contributed by atoms with Gasteiger partial charge < -0.3 is 9.31 Å². The molecule has 0 aliphatic carbocycles. The summed E-state index contributed by atoms with van der Waals surface area (Å²) in [5, 5.41) is 0. The third-order valence-corrected chi connectivity index (χ3v) is 2.39. The second-order valence-corrected chi connectivity index (χ2v) is 3.80. The first-order valence-electron chi connectivity index (χ1n) is 6.01. The molecule has 2 rings (SSSR count). The summed E-state index contributed by atoms with van der Waals surface area (Å²) in [4.78, 5) is 0. The van der Waals surface area contributed by atoms with Gasteiger partial charge in [-0.05, 0) is 23.3 Å². The summed E-state index contributed by atoms with van der Waals surface area (Å²) >= 11 is 0. The summed E-state index contributed by atoms with van der Waals surface area (Å²) in [5.74, 6) is 0. The van der Waals surface area contributed by atoms with Crippen LogP contribution < -0.4 is 0 Å². The molecular weight excluding hydrogens is 235 g/mol. The van der Waals surface area contributed by atoms with Crippen molar-refractivity contribution in [3.8, 4) is 0 Å². The molecule has 0 saturated carbocycles. The van der Waals surface area contributed by atoms with Gasteiger partial charge in [0.2, 0.25) is 0 Å². The zero-order valence-corrected chi connectivity index (χ0v) is 10.5. The van der Waals surface area contributed by atoms with Crippen molar-refractivity contribution in [3.05, 3.63) is 84.3 Å². The maximum absolute atomic E-state index is 5.10. The predicted octanol–water partition coefficient (Wildman–Crippen LogP) is 3.90. The highest BCUT2D eigenvalue weighted by Gasteiger charge is 1.90. The lowest BCUT2D eigenvalue weighted by molar-refractivity contribution is 0.380. The van der Waals surface area contributed by atoms with Gasteiger partial charge in [-0.2, -0.15) is 0 Å². The number of hydrogen-bond donors (Lipinski definition) is 0. The second-order valence-electron chi connectivity index (χ2n) is 3.80. The van der Waals surface area contributed by atoms with Crippen LogP contribution in [0, 0.1) is 0 Å². The maximum Gasteiger partial charge on any atom is 0.657 e. The molecule has 0 atom stereocenters. The lowest BCUT2D eigenvalue weighted by Gasteiger charge is -1.97. The van der Waals surface area contributed by atoms with Crippen molar-refractivity contribution in [1.82, 2.24) is 0 Å². The van der Waals surface area contributed by atoms with Crippen molar-refractivity contribution in [2.45, 2.75) is 0 Å². The summed E-state index contributed by atoms with van der Waals surface area (Å²) in [6.45, 7) is 0. The van der Waals surface area contributed by atoms with Gasteiger partial charge in [-0.3, -0.25) is 0 Å². The fourth-order valence-electron chi connectivity index (χ4n) is 1.46. The first kappa shape index (κ1) is 13.0. The zero-order valence-electron chi connectivity index (χ0n) is 10.5. The van der Waals surface area contributed by atoms with Crippen LogP contribution in [0.25, 0.3) is 12.2 Å². The van der Waals surface area contributed by atoms with Crippen molar-refractivity contribution in [2.24, 2.45) is 0 Å². The summed E-state index contributed by atoms with van der Waals surface area (Å²) < 4.78 is 10.2. The second kappa shape index (κ2) is 7.82. The molecule has 0 aliphatic rings. The first-order chi connectivity index (χ1) is 9.45. The van der Waals surface area contributed by atoms with E-state index in [2.05, 4.69) is 0 Å². The van der Waals surface area contributed by atoms with E-state index in [9.17, 15) is 0 Å². The molecule has 0 unspecified atom stereocenters. The van der Waals surface area contributed by atoms with Crippen LogP contribution in [0.3, 0.4) is 0 Å². The van der Waals surface area contributed by atoms with Crippen molar-refractivity contribution in [2.75, 3.05) is 0 Å². The molecule has 0 N–H and O–H groups in total. The Kier molecular flexibility index (Phi) is 5.36. The van der Waals surface area contributed by atoms with Gasteiger partial charge in [-0.1, -0.05) is 60.7 Å². The van der Waals surface area contributed by atoms with Gasteiger partial charge in [0.25, 0.3) is 0 Å². The SMILES string of the molecule is [B](O/C=C/c1ccccc1)O/C=C/c1ccccc1. The highest BCUT2D eigenvalue weighted by molar-refractivity contribution is 6.18. The van der Waals surface area contributed by atoms with E-state index in [1.807, 2.05) is 72.8 Å². The molecule has 2 nitrogen and oxygen atoms in total. The van der Waals surface area contributed by atoms with Crippen LogP contribution in [-0.2, 0) is 9.31 Å². The van der Waals surface area contributed by atoms with E-state index in [-0.39, 0.29) is 0 Å². The molecule has 0 saturated heterocycles. The van der Waals surface area contributed by atoms with Gasteiger partial charge in [-0.15, -0.1) is 0 Å². The fourth-order valence-corrected chi connectivity index (χ4v) is 1.46. The van der Waals surface area contributed by atoms with Crippen LogP contribution in [0.4, 0.5) is 0 Å². The minimum atomic E-state index is 1.08. The summed E-state index contributed by atoms with van der Waals surface area (Å²) in [6.07, 6.45) is 6.87. The van der Waals surface area contributed by atoms with Crippen molar-refractivity contribution in [3.63, 3.8) is 0 Å². The molecule has 0 aromatic heterocycles. The Hall–Kier alpha value is -2.42. The van der Waals surface area contributed by atoms with Crippen LogP contribution in [0.2, 0.25) is 0 Å². The van der Waals surface area contributed by atoms with E-state index < -0.39 is 0 Å². The van der Waals surface area contributed by atoms with E-state index in [4.69, 9.17) is 9.31 Å². The Morgan fingerprint density at radius 2 is 1.05 bits per heavy atom. The van der Waals surface area contributed by atoms with Gasteiger partial charge in [0.05, 0.1) is 12.5 Å². The van der Waals surface area contributed by atoms with Crippen LogP contribution >= 0.6 is 0 Å². The monoisotopic (exact) mass is 249 g/mol. The highest BCUT2D eigenvalue weighted by atomic mass is 16.6. The van der Waals surface area contributed by atoms with Gasteiger partial charge in [0, 0.05) is 0 Å². The zero-order chi connectivity index (χ0) is 13.2. The number of hydrogen-bond acceptors (Lipinski definition) is 2. The Labute approximate surface area is 114 Å². The lowest BCUT2D eigenvalue weighted by Crippen LogP contribution is -1.93. The highest BCUT2D eigenvalue weighted by Crippen LogP contribution is 2.02. The molecule has 3 heteroatoms. The molecular formula is C16H14BO2. The predicted molar refractivity (Wildman–Crippen MR) is 78.9 cm³/mol.